The highest BCUT2D eigenvalue weighted by molar-refractivity contribution is 7.92. The van der Waals surface area contributed by atoms with Crippen LogP contribution >= 0.6 is 11.6 Å². The fourth-order valence-corrected chi connectivity index (χ4v) is 3.47. The van der Waals surface area contributed by atoms with Crippen molar-refractivity contribution in [1.82, 2.24) is 0 Å². The van der Waals surface area contributed by atoms with Gasteiger partial charge in [-0.1, -0.05) is 13.0 Å². The summed E-state index contributed by atoms with van der Waals surface area (Å²) in [6.07, 6.45) is 0. The van der Waals surface area contributed by atoms with E-state index in [0.717, 1.165) is 11.3 Å². The van der Waals surface area contributed by atoms with E-state index in [9.17, 15) is 8.42 Å². The van der Waals surface area contributed by atoms with E-state index in [1.54, 1.807) is 6.07 Å². The Morgan fingerprint density at radius 1 is 1.37 bits per heavy atom. The molecule has 1 aromatic rings. The molecule has 108 valence electrons. The van der Waals surface area contributed by atoms with Gasteiger partial charge < -0.3 is 4.90 Å². The van der Waals surface area contributed by atoms with Gasteiger partial charge in [-0.15, -0.1) is 11.6 Å². The van der Waals surface area contributed by atoms with Crippen LogP contribution in [0.3, 0.4) is 0 Å². The molecule has 6 heteroatoms. The summed E-state index contributed by atoms with van der Waals surface area (Å²) in [5.41, 5.74) is 2.67. The van der Waals surface area contributed by atoms with E-state index in [-0.39, 0.29) is 11.7 Å². The Labute approximate surface area is 120 Å². The Morgan fingerprint density at radius 2 is 2.00 bits per heavy atom. The van der Waals surface area contributed by atoms with E-state index in [4.69, 9.17) is 11.6 Å². The van der Waals surface area contributed by atoms with E-state index in [1.165, 1.54) is 0 Å². The molecule has 0 bridgehead atoms. The molecule has 0 aliphatic heterocycles. The Morgan fingerprint density at radius 3 is 2.53 bits per heavy atom. The zero-order valence-corrected chi connectivity index (χ0v) is 13.3. The number of nitrogens with one attached hydrogen (secondary N) is 1. The molecule has 0 amide bonds. The van der Waals surface area contributed by atoms with Crippen LogP contribution in [0.2, 0.25) is 0 Å². The largest absolute Gasteiger partial charge is 0.377 e. The molecule has 0 aromatic heterocycles. The Kier molecular flexibility index (Phi) is 5.50. The average Bonchev–Trinajstić information content (AvgIpc) is 2.30. The molecule has 1 unspecified atom stereocenters. The Bertz CT molecular complexity index is 529. The first-order chi connectivity index (χ1) is 8.75. The zero-order chi connectivity index (χ0) is 14.6. The lowest BCUT2D eigenvalue weighted by Gasteiger charge is -2.18. The van der Waals surface area contributed by atoms with Crippen molar-refractivity contribution in [2.24, 2.45) is 5.92 Å². The van der Waals surface area contributed by atoms with Gasteiger partial charge in [-0.3, -0.25) is 4.72 Å². The van der Waals surface area contributed by atoms with Crippen molar-refractivity contribution in [3.05, 3.63) is 23.8 Å². The Hall–Kier alpha value is -0.940. The lowest BCUT2D eigenvalue weighted by molar-refractivity contribution is 0.588. The van der Waals surface area contributed by atoms with Crippen molar-refractivity contribution in [3.63, 3.8) is 0 Å². The molecule has 0 saturated carbocycles. The minimum Gasteiger partial charge on any atom is -0.377 e. The second kappa shape index (κ2) is 6.48. The van der Waals surface area contributed by atoms with Crippen LogP contribution in [0.1, 0.15) is 12.5 Å². The van der Waals surface area contributed by atoms with E-state index < -0.39 is 10.0 Å². The minimum atomic E-state index is -3.35. The second-order valence-corrected chi connectivity index (χ2v) is 7.11. The quantitative estimate of drug-likeness (QED) is 0.822. The van der Waals surface area contributed by atoms with Crippen LogP contribution in [0.25, 0.3) is 0 Å². The van der Waals surface area contributed by atoms with Gasteiger partial charge in [-0.2, -0.15) is 0 Å². The summed E-state index contributed by atoms with van der Waals surface area (Å²) in [5, 5.41) is 0. The van der Waals surface area contributed by atoms with Crippen LogP contribution in [0.4, 0.5) is 11.4 Å². The maximum atomic E-state index is 12.0. The highest BCUT2D eigenvalue weighted by Gasteiger charge is 2.15. The standard InChI is InChI=1S/C13H21ClN2O2S/c1-10(8-14)9-19(17,18)15-12-6-5-11(2)13(7-12)16(3)4/h5-7,10,15H,8-9H2,1-4H3. The summed E-state index contributed by atoms with van der Waals surface area (Å²) in [6, 6.07) is 5.50. The molecule has 19 heavy (non-hydrogen) atoms. The molecule has 1 rings (SSSR count). The number of halogens is 1. The predicted octanol–water partition coefficient (Wildman–Crippen LogP) is 2.68. The van der Waals surface area contributed by atoms with Crippen LogP contribution in [-0.2, 0) is 10.0 Å². The van der Waals surface area contributed by atoms with Crippen LogP contribution in [0.15, 0.2) is 18.2 Å². The van der Waals surface area contributed by atoms with Gasteiger partial charge in [0.05, 0.1) is 11.4 Å². The predicted molar refractivity (Wildman–Crippen MR) is 82.8 cm³/mol. The number of sulfonamides is 1. The number of nitrogens with zero attached hydrogens (tertiary/aromatic N) is 1. The lowest BCUT2D eigenvalue weighted by Crippen LogP contribution is -2.22. The molecule has 0 radical (unpaired) electrons. The number of rotatable bonds is 6. The molecular weight excluding hydrogens is 284 g/mol. The zero-order valence-electron chi connectivity index (χ0n) is 11.8. The van der Waals surface area contributed by atoms with Gasteiger partial charge in [0.1, 0.15) is 0 Å². The van der Waals surface area contributed by atoms with Crippen molar-refractivity contribution in [2.75, 3.05) is 35.4 Å². The van der Waals surface area contributed by atoms with Gasteiger partial charge >= 0.3 is 0 Å². The number of hydrogen-bond donors (Lipinski definition) is 1. The molecule has 1 N–H and O–H groups in total. The minimum absolute atomic E-state index is 0.0294. The topological polar surface area (TPSA) is 49.4 Å². The number of hydrogen-bond acceptors (Lipinski definition) is 3. The van der Waals surface area contributed by atoms with Gasteiger partial charge in [0.25, 0.3) is 0 Å². The molecule has 0 spiro atoms. The van der Waals surface area contributed by atoms with Gasteiger partial charge in [-0.25, -0.2) is 8.42 Å². The van der Waals surface area contributed by atoms with Gasteiger partial charge in [0.15, 0.2) is 0 Å². The van der Waals surface area contributed by atoms with E-state index >= 15 is 0 Å². The summed E-state index contributed by atoms with van der Waals surface area (Å²) in [4.78, 5) is 1.95. The molecule has 0 saturated heterocycles. The van der Waals surface area contributed by atoms with Crippen molar-refractivity contribution in [1.29, 1.82) is 0 Å². The molecule has 0 aliphatic carbocycles. The number of benzene rings is 1. The SMILES string of the molecule is Cc1ccc(NS(=O)(=O)CC(C)CCl)cc1N(C)C. The first kappa shape index (κ1) is 16.1. The van der Waals surface area contributed by atoms with Crippen molar-refractivity contribution in [2.45, 2.75) is 13.8 Å². The van der Waals surface area contributed by atoms with E-state index in [0.29, 0.717) is 11.6 Å². The molecule has 0 fully saturated rings. The van der Waals surface area contributed by atoms with Crippen LogP contribution in [0.5, 0.6) is 0 Å². The molecule has 0 heterocycles. The molecule has 0 aliphatic rings. The maximum Gasteiger partial charge on any atom is 0.233 e. The first-order valence-electron chi connectivity index (χ1n) is 6.09. The lowest BCUT2D eigenvalue weighted by atomic mass is 10.2. The smallest absolute Gasteiger partial charge is 0.233 e. The fraction of sp³-hybridized carbons (Fsp3) is 0.538. The van der Waals surface area contributed by atoms with Crippen LogP contribution in [0, 0.1) is 12.8 Å². The summed E-state index contributed by atoms with van der Waals surface area (Å²) in [5.74, 6) is 0.289. The molecular formula is C13H21ClN2O2S. The third-order valence-electron chi connectivity index (χ3n) is 2.73. The van der Waals surface area contributed by atoms with Crippen molar-refractivity contribution in [3.8, 4) is 0 Å². The third-order valence-corrected chi connectivity index (χ3v) is 4.81. The summed E-state index contributed by atoms with van der Waals surface area (Å²) in [6.45, 7) is 3.80. The summed E-state index contributed by atoms with van der Waals surface area (Å²) < 4.78 is 26.5. The Balaban J connectivity index is 2.91. The van der Waals surface area contributed by atoms with Crippen molar-refractivity contribution < 1.29 is 8.42 Å². The molecule has 4 nitrogen and oxygen atoms in total. The highest BCUT2D eigenvalue weighted by atomic mass is 35.5. The number of aryl methyl sites for hydroxylation is 1. The van der Waals surface area contributed by atoms with Crippen molar-refractivity contribution >= 4 is 33.0 Å². The molecule has 1 atom stereocenters. The van der Waals surface area contributed by atoms with Gasteiger partial charge in [0.2, 0.25) is 10.0 Å². The summed E-state index contributed by atoms with van der Waals surface area (Å²) in [7, 11) is 0.499. The van der Waals surface area contributed by atoms with Crippen LogP contribution < -0.4 is 9.62 Å². The average molecular weight is 305 g/mol. The monoisotopic (exact) mass is 304 g/mol. The normalized spacial score (nSPS) is 13.1. The fourth-order valence-electron chi connectivity index (χ4n) is 1.80. The highest BCUT2D eigenvalue weighted by Crippen LogP contribution is 2.23. The summed E-state index contributed by atoms with van der Waals surface area (Å²) >= 11 is 5.65. The van der Waals surface area contributed by atoms with Crippen LogP contribution in [-0.4, -0.2) is 34.1 Å². The van der Waals surface area contributed by atoms with E-state index in [2.05, 4.69) is 4.72 Å². The van der Waals surface area contributed by atoms with Gasteiger partial charge in [0, 0.05) is 25.7 Å². The number of anilines is 2. The molecule has 1 aromatic carbocycles. The maximum absolute atomic E-state index is 12.0. The second-order valence-electron chi connectivity index (χ2n) is 5.04. The first-order valence-corrected chi connectivity index (χ1v) is 8.28. The number of alkyl halides is 1. The van der Waals surface area contributed by atoms with Gasteiger partial charge in [-0.05, 0) is 30.5 Å². The third kappa shape index (κ3) is 4.91. The van der Waals surface area contributed by atoms with E-state index in [1.807, 2.05) is 45.0 Å².